The lowest BCUT2D eigenvalue weighted by Crippen LogP contribution is -2.24. The number of benzene rings is 1. The summed E-state index contributed by atoms with van der Waals surface area (Å²) >= 11 is 0. The van der Waals surface area contributed by atoms with E-state index in [2.05, 4.69) is 4.98 Å². The van der Waals surface area contributed by atoms with E-state index in [4.69, 9.17) is 4.74 Å². The fourth-order valence-electron chi connectivity index (χ4n) is 2.39. The highest BCUT2D eigenvalue weighted by atomic mass is 16.5. The Morgan fingerprint density at radius 1 is 1.27 bits per heavy atom. The molecule has 3 rings (SSSR count). The number of nitrogens with one attached hydrogen (secondary N) is 1. The molecule has 0 atom stereocenters. The van der Waals surface area contributed by atoms with Gasteiger partial charge in [0.15, 0.2) is 0 Å². The molecule has 0 saturated heterocycles. The lowest BCUT2D eigenvalue weighted by molar-refractivity contribution is 0.0528. The maximum atomic E-state index is 12.4. The van der Waals surface area contributed by atoms with Crippen molar-refractivity contribution in [1.82, 2.24) is 9.38 Å². The Bertz CT molecular complexity index is 967. The predicted molar refractivity (Wildman–Crippen MR) is 78.4 cm³/mol. The van der Waals surface area contributed by atoms with Crippen molar-refractivity contribution in [3.63, 3.8) is 0 Å². The van der Waals surface area contributed by atoms with Gasteiger partial charge >= 0.3 is 11.9 Å². The zero-order chi connectivity index (χ0) is 15.9. The van der Waals surface area contributed by atoms with Crippen molar-refractivity contribution in [3.05, 3.63) is 51.8 Å². The van der Waals surface area contributed by atoms with Crippen LogP contribution < -0.4 is 5.56 Å². The monoisotopic (exact) mass is 300 g/mol. The zero-order valence-electron chi connectivity index (χ0n) is 11.6. The standard InChI is InChI=1S/C15H12N2O5/c1-2-22-15(21)8-7-9(14(19)20)13(18)17-11-6-4-3-5-10(11)16-12(8)17/h3-7,16H,2H2,1H3,(H,19,20). The maximum Gasteiger partial charge on any atom is 0.341 e. The van der Waals surface area contributed by atoms with E-state index in [9.17, 15) is 19.5 Å². The third kappa shape index (κ3) is 1.95. The van der Waals surface area contributed by atoms with Gasteiger partial charge in [-0.2, -0.15) is 0 Å². The minimum absolute atomic E-state index is 0.00931. The average Bonchev–Trinajstić information content (AvgIpc) is 2.87. The maximum absolute atomic E-state index is 12.4. The molecule has 0 amide bonds. The lowest BCUT2D eigenvalue weighted by Gasteiger charge is -2.05. The molecule has 0 bridgehead atoms. The Kier molecular flexibility index (Phi) is 3.17. The number of pyridine rings is 1. The molecule has 0 unspecified atom stereocenters. The molecule has 0 aliphatic rings. The first kappa shape index (κ1) is 13.9. The van der Waals surface area contributed by atoms with Crippen LogP contribution in [0.15, 0.2) is 35.1 Å². The molecule has 7 heteroatoms. The van der Waals surface area contributed by atoms with Gasteiger partial charge in [0.05, 0.1) is 17.6 Å². The van der Waals surface area contributed by atoms with E-state index in [0.717, 1.165) is 6.07 Å². The van der Waals surface area contributed by atoms with Crippen LogP contribution in [0.3, 0.4) is 0 Å². The first-order valence-corrected chi connectivity index (χ1v) is 6.61. The SMILES string of the molecule is CCOC(=O)c1cc(C(=O)O)c(=O)n2c1[nH]c1ccccc12. The lowest BCUT2D eigenvalue weighted by atomic mass is 10.2. The summed E-state index contributed by atoms with van der Waals surface area (Å²) in [6.07, 6.45) is 0. The van der Waals surface area contributed by atoms with Gasteiger partial charge in [0.1, 0.15) is 16.8 Å². The van der Waals surface area contributed by atoms with Gasteiger partial charge in [0, 0.05) is 0 Å². The molecule has 22 heavy (non-hydrogen) atoms. The summed E-state index contributed by atoms with van der Waals surface area (Å²) in [5.41, 5.74) is 0.159. The molecule has 0 saturated carbocycles. The van der Waals surface area contributed by atoms with E-state index in [-0.39, 0.29) is 17.8 Å². The van der Waals surface area contributed by atoms with Crippen molar-refractivity contribution in [2.45, 2.75) is 6.92 Å². The van der Waals surface area contributed by atoms with E-state index >= 15 is 0 Å². The second-order valence-electron chi connectivity index (χ2n) is 4.63. The molecule has 2 heterocycles. The number of hydrogen-bond donors (Lipinski definition) is 2. The molecule has 0 aliphatic heterocycles. The second-order valence-corrected chi connectivity index (χ2v) is 4.63. The number of carbonyl (C=O) groups is 2. The van der Waals surface area contributed by atoms with Crippen LogP contribution in [0.1, 0.15) is 27.6 Å². The largest absolute Gasteiger partial charge is 0.477 e. The number of rotatable bonds is 3. The van der Waals surface area contributed by atoms with E-state index < -0.39 is 23.1 Å². The molecule has 2 N–H and O–H groups in total. The van der Waals surface area contributed by atoms with Gasteiger partial charge in [-0.05, 0) is 25.1 Å². The first-order chi connectivity index (χ1) is 10.5. The van der Waals surface area contributed by atoms with Gasteiger partial charge in [0.25, 0.3) is 5.56 Å². The van der Waals surface area contributed by atoms with Crippen LogP contribution in [-0.2, 0) is 4.74 Å². The van der Waals surface area contributed by atoms with Crippen molar-refractivity contribution in [1.29, 1.82) is 0 Å². The van der Waals surface area contributed by atoms with Crippen LogP contribution in [0.25, 0.3) is 16.7 Å². The molecule has 112 valence electrons. The molecular formula is C15H12N2O5. The number of hydrogen-bond acceptors (Lipinski definition) is 4. The molecule has 0 spiro atoms. The van der Waals surface area contributed by atoms with Crippen molar-refractivity contribution in [2.24, 2.45) is 0 Å². The molecule has 0 aliphatic carbocycles. The molecule has 1 aromatic carbocycles. The Hall–Kier alpha value is -3.09. The topological polar surface area (TPSA) is 101 Å². The molecule has 7 nitrogen and oxygen atoms in total. The normalized spacial score (nSPS) is 11.0. The number of fused-ring (bicyclic) bond motifs is 3. The summed E-state index contributed by atoms with van der Waals surface area (Å²) in [6, 6.07) is 7.94. The Balaban J connectivity index is 2.49. The predicted octanol–water partition coefficient (Wildman–Crippen LogP) is 1.66. The Morgan fingerprint density at radius 3 is 2.68 bits per heavy atom. The highest BCUT2D eigenvalue weighted by molar-refractivity contribution is 6.01. The number of carboxylic acid groups (broad SMARTS) is 1. The number of nitrogens with zero attached hydrogens (tertiary/aromatic N) is 1. The molecule has 3 aromatic rings. The smallest absolute Gasteiger partial charge is 0.341 e. The van der Waals surface area contributed by atoms with Crippen molar-refractivity contribution in [2.75, 3.05) is 6.61 Å². The molecule has 2 aromatic heterocycles. The van der Waals surface area contributed by atoms with Crippen LogP contribution in [-0.4, -0.2) is 33.0 Å². The van der Waals surface area contributed by atoms with Crippen LogP contribution in [0.4, 0.5) is 0 Å². The molecular weight excluding hydrogens is 288 g/mol. The van der Waals surface area contributed by atoms with Gasteiger partial charge in [0.2, 0.25) is 0 Å². The summed E-state index contributed by atoms with van der Waals surface area (Å²) in [7, 11) is 0. The van der Waals surface area contributed by atoms with Crippen molar-refractivity contribution in [3.8, 4) is 0 Å². The summed E-state index contributed by atoms with van der Waals surface area (Å²) in [6.45, 7) is 1.79. The number of aromatic carboxylic acids is 1. The van der Waals surface area contributed by atoms with E-state index in [1.165, 1.54) is 4.40 Å². The van der Waals surface area contributed by atoms with Crippen LogP contribution >= 0.6 is 0 Å². The van der Waals surface area contributed by atoms with Crippen LogP contribution in [0.5, 0.6) is 0 Å². The van der Waals surface area contributed by atoms with Crippen molar-refractivity contribution < 1.29 is 19.4 Å². The Labute approximate surface area is 123 Å². The third-order valence-corrected chi connectivity index (χ3v) is 3.32. The first-order valence-electron chi connectivity index (χ1n) is 6.61. The number of carbonyl (C=O) groups excluding carboxylic acids is 1. The minimum Gasteiger partial charge on any atom is -0.477 e. The number of para-hydroxylation sites is 2. The van der Waals surface area contributed by atoms with Crippen LogP contribution in [0.2, 0.25) is 0 Å². The second kappa shape index (κ2) is 5.03. The fourth-order valence-corrected chi connectivity index (χ4v) is 2.39. The number of esters is 1. The zero-order valence-corrected chi connectivity index (χ0v) is 11.6. The number of carboxylic acids is 1. The highest BCUT2D eigenvalue weighted by Crippen LogP contribution is 2.19. The van der Waals surface area contributed by atoms with Gasteiger partial charge in [-0.3, -0.25) is 9.20 Å². The van der Waals surface area contributed by atoms with Crippen molar-refractivity contribution >= 4 is 28.6 Å². The van der Waals surface area contributed by atoms with Gasteiger partial charge in [-0.25, -0.2) is 9.59 Å². The van der Waals surface area contributed by atoms with E-state index in [1.807, 2.05) is 0 Å². The highest BCUT2D eigenvalue weighted by Gasteiger charge is 2.22. The molecule has 0 fully saturated rings. The van der Waals surface area contributed by atoms with Crippen LogP contribution in [0, 0.1) is 0 Å². The Morgan fingerprint density at radius 2 is 2.00 bits per heavy atom. The number of H-pyrrole nitrogens is 1. The van der Waals surface area contributed by atoms with Gasteiger partial charge in [-0.1, -0.05) is 12.1 Å². The fraction of sp³-hybridized carbons (Fsp3) is 0.133. The molecule has 0 radical (unpaired) electrons. The van der Waals surface area contributed by atoms with E-state index in [1.54, 1.807) is 31.2 Å². The number of imidazole rings is 1. The number of ether oxygens (including phenoxy) is 1. The average molecular weight is 300 g/mol. The quantitative estimate of drug-likeness (QED) is 0.716. The minimum atomic E-state index is -1.39. The number of aromatic nitrogens is 2. The van der Waals surface area contributed by atoms with E-state index in [0.29, 0.717) is 11.0 Å². The summed E-state index contributed by atoms with van der Waals surface area (Å²) in [4.78, 5) is 38.7. The van der Waals surface area contributed by atoms with Gasteiger partial charge < -0.3 is 14.8 Å². The third-order valence-electron chi connectivity index (χ3n) is 3.32. The number of aromatic amines is 1. The van der Waals surface area contributed by atoms with Gasteiger partial charge in [-0.15, -0.1) is 0 Å². The summed E-state index contributed by atoms with van der Waals surface area (Å²) in [5.74, 6) is -2.08. The summed E-state index contributed by atoms with van der Waals surface area (Å²) < 4.78 is 6.12. The summed E-state index contributed by atoms with van der Waals surface area (Å²) in [5, 5.41) is 9.20.